The van der Waals surface area contributed by atoms with Gasteiger partial charge in [-0.15, -0.1) is 0 Å². The van der Waals surface area contributed by atoms with E-state index in [0.29, 0.717) is 0 Å². The van der Waals surface area contributed by atoms with Crippen molar-refractivity contribution in [2.75, 3.05) is 23.2 Å². The Labute approximate surface area is 337 Å². The fourth-order valence-electron chi connectivity index (χ4n) is 4.32. The summed E-state index contributed by atoms with van der Waals surface area (Å²) in [4.78, 5) is 50.4. The number of anilines is 2. The Morgan fingerprint density at radius 3 is 1.71 bits per heavy atom. The molecule has 2 aliphatic heterocycles. The van der Waals surface area contributed by atoms with Crippen molar-refractivity contribution in [3.05, 3.63) is 96.6 Å². The summed E-state index contributed by atoms with van der Waals surface area (Å²) >= 11 is 0. The number of rotatable bonds is 12. The average molecular weight is 757 g/mol. The van der Waals surface area contributed by atoms with Gasteiger partial charge in [0.05, 0.1) is 40.0 Å². The summed E-state index contributed by atoms with van der Waals surface area (Å²) in [6, 6.07) is 8.80. The first-order chi connectivity index (χ1) is 23.2. The zero-order valence-electron chi connectivity index (χ0n) is 27.7. The second-order valence-corrected chi connectivity index (χ2v) is 12.5. The minimum Gasteiger partial charge on any atom is -0.744 e. The van der Waals surface area contributed by atoms with E-state index in [1.54, 1.807) is 13.8 Å². The largest absolute Gasteiger partial charge is 1.00 e. The maximum Gasteiger partial charge on any atom is 1.00 e. The van der Waals surface area contributed by atoms with Gasteiger partial charge in [-0.2, -0.15) is 20.2 Å². The number of nitrogens with zero attached hydrogens (tertiary/aromatic N) is 4. The molecule has 20 heteroatoms. The summed E-state index contributed by atoms with van der Waals surface area (Å²) in [5.74, 6) is -4.26. The maximum atomic E-state index is 13.2. The maximum absolute atomic E-state index is 13.2. The van der Waals surface area contributed by atoms with E-state index in [-0.39, 0.29) is 101 Å². The number of hydrogen-bond donors (Lipinski definition) is 0. The Hall–Kier alpha value is -3.56. The predicted molar refractivity (Wildman–Crippen MR) is 171 cm³/mol. The van der Waals surface area contributed by atoms with E-state index in [0.717, 1.165) is 34.3 Å². The zero-order chi connectivity index (χ0) is 35.9. The van der Waals surface area contributed by atoms with E-state index in [9.17, 15) is 45.1 Å². The normalized spacial score (nSPS) is 17.2. The van der Waals surface area contributed by atoms with Gasteiger partial charge >= 0.3 is 71.1 Å². The fourth-order valence-corrected chi connectivity index (χ4v) is 5.26. The monoisotopic (exact) mass is 756 g/mol. The van der Waals surface area contributed by atoms with Gasteiger partial charge in [0.25, 0.3) is 11.8 Å². The first-order valence-corrected chi connectivity index (χ1v) is 17.0. The van der Waals surface area contributed by atoms with Crippen LogP contribution in [-0.4, -0.2) is 74.3 Å². The zero-order valence-corrected chi connectivity index (χ0v) is 33.3. The van der Waals surface area contributed by atoms with Crippen LogP contribution in [0.2, 0.25) is 0 Å². The number of carbonyl (C=O) groups is 4. The molecule has 0 spiro atoms. The molecule has 1 atom stereocenters. The molecule has 2 aliphatic rings. The Bertz CT molecular complexity index is 2080. The first kappa shape index (κ1) is 43.6. The topological polar surface area (TPSA) is 232 Å². The quantitative estimate of drug-likeness (QED) is 0.0662. The van der Waals surface area contributed by atoms with Crippen LogP contribution in [0, 0.1) is 5.92 Å². The molecular weight excluding hydrogens is 730 g/mol. The van der Waals surface area contributed by atoms with Gasteiger partial charge < -0.3 is 18.6 Å². The second-order valence-electron chi connectivity index (χ2n) is 9.75. The molecule has 0 bridgehead atoms. The number of ether oxygens (including phenoxy) is 2. The van der Waals surface area contributed by atoms with Crippen LogP contribution in [0.5, 0.6) is 0 Å². The molecule has 256 valence electrons. The van der Waals surface area contributed by atoms with E-state index in [1.165, 1.54) is 66.8 Å². The summed E-state index contributed by atoms with van der Waals surface area (Å²) in [5, 5.41) is 9.84. The van der Waals surface area contributed by atoms with Crippen LogP contribution in [0.25, 0.3) is 0 Å². The molecule has 16 nitrogen and oxygen atoms in total. The molecule has 0 saturated heterocycles. The van der Waals surface area contributed by atoms with Crippen LogP contribution in [0.4, 0.5) is 11.4 Å². The van der Waals surface area contributed by atoms with E-state index < -0.39 is 59.7 Å². The van der Waals surface area contributed by atoms with Crippen molar-refractivity contribution in [3.63, 3.8) is 0 Å². The fraction of sp³-hybridized carbons (Fsp3) is 0.161. The number of carbonyl (C=O) groups excluding carboxylic acids is 4. The summed E-state index contributed by atoms with van der Waals surface area (Å²) in [7, 11) is -9.44. The standard InChI is InChI=1S/C31H28N4O12S2.2Na/c1-3-46-30(38)26-24(28(36)34(32-26)20-12-16-22(17-13-20)48(40,41)42)10-8-6-5-7-9-11-25-27(31(39)47-4-2)33-35(29(25)37)21-14-18-23(19-15-21)49(43,44)45;;/h5-19,24H,3-4H2,1-2H3,(H,40,41,42)(H,43,44,45);;/q;2*+1/p-2/b6-5+,9-7+,10-8+,25-11-;;. The molecule has 2 aromatic rings. The number of allylic oxidation sites excluding steroid dienone is 6. The van der Waals surface area contributed by atoms with Crippen molar-refractivity contribution in [1.82, 2.24) is 0 Å². The van der Waals surface area contributed by atoms with Gasteiger partial charge in [-0.1, -0.05) is 36.5 Å². The molecule has 2 heterocycles. The Balaban J connectivity index is 0.00000451. The van der Waals surface area contributed by atoms with Gasteiger partial charge in [-0.05, 0) is 68.5 Å². The number of esters is 2. The summed E-state index contributed by atoms with van der Waals surface area (Å²) in [6.07, 6.45) is 10.0. The molecule has 0 saturated carbocycles. The molecule has 0 radical (unpaired) electrons. The van der Waals surface area contributed by atoms with Gasteiger partial charge in [0, 0.05) is 0 Å². The van der Waals surface area contributed by atoms with Crippen LogP contribution in [0.15, 0.2) is 117 Å². The van der Waals surface area contributed by atoms with Crippen LogP contribution in [0.1, 0.15) is 13.8 Å². The van der Waals surface area contributed by atoms with E-state index in [2.05, 4.69) is 10.2 Å². The Morgan fingerprint density at radius 1 is 0.725 bits per heavy atom. The molecule has 0 N–H and O–H groups in total. The number of hydrazone groups is 2. The smallest absolute Gasteiger partial charge is 0.744 e. The molecule has 4 rings (SSSR count). The van der Waals surface area contributed by atoms with E-state index >= 15 is 0 Å². The van der Waals surface area contributed by atoms with E-state index in [1.807, 2.05) is 0 Å². The summed E-state index contributed by atoms with van der Waals surface area (Å²) in [5.41, 5.74) is -0.460. The van der Waals surface area contributed by atoms with Crippen molar-refractivity contribution < 1.29 is 114 Å². The van der Waals surface area contributed by atoms with Crippen molar-refractivity contribution >= 4 is 66.8 Å². The average Bonchev–Trinajstić information content (AvgIpc) is 3.56. The molecule has 0 aliphatic carbocycles. The third kappa shape index (κ3) is 10.7. The number of hydrogen-bond acceptors (Lipinski definition) is 14. The first-order valence-electron chi connectivity index (χ1n) is 14.2. The van der Waals surface area contributed by atoms with Crippen molar-refractivity contribution in [2.45, 2.75) is 23.6 Å². The third-order valence-electron chi connectivity index (χ3n) is 6.56. The van der Waals surface area contributed by atoms with Crippen LogP contribution >= 0.6 is 0 Å². The van der Waals surface area contributed by atoms with Crippen molar-refractivity contribution in [3.8, 4) is 0 Å². The van der Waals surface area contributed by atoms with Crippen LogP contribution < -0.4 is 69.1 Å². The van der Waals surface area contributed by atoms with Crippen molar-refractivity contribution in [2.24, 2.45) is 16.1 Å². The van der Waals surface area contributed by atoms with E-state index in [4.69, 9.17) is 9.47 Å². The van der Waals surface area contributed by atoms with Gasteiger partial charge in [0.2, 0.25) is 0 Å². The van der Waals surface area contributed by atoms with Crippen LogP contribution in [-0.2, 0) is 48.9 Å². The minimum atomic E-state index is -4.72. The Kier molecular flexibility index (Phi) is 16.1. The molecule has 2 amide bonds. The van der Waals surface area contributed by atoms with Gasteiger partial charge in [-0.25, -0.2) is 26.4 Å². The van der Waals surface area contributed by atoms with Crippen LogP contribution in [0.3, 0.4) is 0 Å². The summed E-state index contributed by atoms with van der Waals surface area (Å²) < 4.78 is 77.5. The second kappa shape index (κ2) is 18.8. The molecule has 2 aromatic carbocycles. The predicted octanol–water partition coefficient (Wildman–Crippen LogP) is -4.05. The molecule has 51 heavy (non-hydrogen) atoms. The molecule has 0 aromatic heterocycles. The molecule has 0 fully saturated rings. The summed E-state index contributed by atoms with van der Waals surface area (Å²) in [6.45, 7) is 3.16. The Morgan fingerprint density at radius 2 is 1.20 bits per heavy atom. The number of amides is 2. The van der Waals surface area contributed by atoms with Gasteiger partial charge in [0.15, 0.2) is 11.4 Å². The SMILES string of the molecule is CCOC(=O)C1=NN(c2ccc(S(=O)(=O)[O-])cc2)C(=O)\C1=C/C=C/C=C/C=C/C1C(=O)N(c2ccc(S(=O)(=O)[O-])cc2)N=C1C(=O)OCC.[Na+].[Na+]. The molecule has 1 unspecified atom stereocenters. The molecular formula is C31H26N4Na2O12S2. The van der Waals surface area contributed by atoms with Gasteiger partial charge in [0.1, 0.15) is 26.2 Å². The third-order valence-corrected chi connectivity index (χ3v) is 8.26. The number of benzene rings is 2. The van der Waals surface area contributed by atoms with Gasteiger partial charge in [-0.3, -0.25) is 9.59 Å². The minimum absolute atomic E-state index is 0. The van der Waals surface area contributed by atoms with Crippen molar-refractivity contribution in [1.29, 1.82) is 0 Å².